The van der Waals surface area contributed by atoms with Gasteiger partial charge in [-0.25, -0.2) is 4.98 Å². The van der Waals surface area contributed by atoms with E-state index in [9.17, 15) is 0 Å². The van der Waals surface area contributed by atoms with Gasteiger partial charge >= 0.3 is 0 Å². The lowest BCUT2D eigenvalue weighted by molar-refractivity contribution is 0.220. The first-order valence-electron chi connectivity index (χ1n) is 5.15. The summed E-state index contributed by atoms with van der Waals surface area (Å²) in [5, 5.41) is 10.0. The Hall–Kier alpha value is -0.450. The lowest BCUT2D eigenvalue weighted by Gasteiger charge is -2.25. The molecule has 0 saturated carbocycles. The van der Waals surface area contributed by atoms with Crippen LogP contribution in [0.5, 0.6) is 0 Å². The topological polar surface area (TPSA) is 36.4 Å². The summed E-state index contributed by atoms with van der Waals surface area (Å²) in [6, 6.07) is 0. The van der Waals surface area contributed by atoms with Gasteiger partial charge in [-0.3, -0.25) is 4.90 Å². The molecule has 1 aromatic heterocycles. The highest BCUT2D eigenvalue weighted by atomic mass is 32.1. The minimum absolute atomic E-state index is 0.123. The van der Waals surface area contributed by atoms with E-state index in [1.165, 1.54) is 32.4 Å². The molecule has 3 nitrogen and oxygen atoms in total. The highest BCUT2D eigenvalue weighted by molar-refractivity contribution is 7.11. The molecular formula is C10H16N2OS. The van der Waals surface area contributed by atoms with Crippen molar-refractivity contribution in [2.45, 2.75) is 32.4 Å². The average Bonchev–Trinajstić information content (AvgIpc) is 2.67. The first-order valence-corrected chi connectivity index (χ1v) is 5.97. The van der Waals surface area contributed by atoms with Crippen LogP contribution in [0.25, 0.3) is 0 Å². The van der Waals surface area contributed by atoms with Gasteiger partial charge in [-0.1, -0.05) is 6.42 Å². The van der Waals surface area contributed by atoms with Crippen LogP contribution in [0.1, 0.15) is 29.1 Å². The summed E-state index contributed by atoms with van der Waals surface area (Å²) in [6.45, 7) is 3.49. The van der Waals surface area contributed by atoms with Crippen LogP contribution in [0.2, 0.25) is 0 Å². The zero-order valence-electron chi connectivity index (χ0n) is 8.28. The van der Waals surface area contributed by atoms with E-state index in [-0.39, 0.29) is 6.61 Å². The van der Waals surface area contributed by atoms with Crippen molar-refractivity contribution in [3.8, 4) is 0 Å². The maximum Gasteiger partial charge on any atom is 0.107 e. The maximum atomic E-state index is 8.91. The SMILES string of the molecule is OCc1cnc(CN2CCCCC2)s1. The van der Waals surface area contributed by atoms with Crippen LogP contribution >= 0.6 is 11.3 Å². The molecule has 0 radical (unpaired) electrons. The molecule has 1 saturated heterocycles. The van der Waals surface area contributed by atoms with E-state index in [1.807, 2.05) is 0 Å². The highest BCUT2D eigenvalue weighted by Crippen LogP contribution is 2.17. The highest BCUT2D eigenvalue weighted by Gasteiger charge is 2.12. The third-order valence-corrected chi connectivity index (χ3v) is 3.53. The van der Waals surface area contributed by atoms with Crippen molar-refractivity contribution in [1.82, 2.24) is 9.88 Å². The summed E-state index contributed by atoms with van der Waals surface area (Å²) >= 11 is 1.62. The number of thiazole rings is 1. The number of rotatable bonds is 3. The molecule has 78 valence electrons. The second kappa shape index (κ2) is 4.87. The number of piperidine rings is 1. The van der Waals surface area contributed by atoms with Gasteiger partial charge in [0.2, 0.25) is 0 Å². The molecule has 0 unspecified atom stereocenters. The standard InChI is InChI=1S/C10H16N2OS/c13-8-9-6-11-10(14-9)7-12-4-2-1-3-5-12/h6,13H,1-5,7-8H2. The van der Waals surface area contributed by atoms with Crippen molar-refractivity contribution in [2.24, 2.45) is 0 Å². The molecular weight excluding hydrogens is 196 g/mol. The van der Waals surface area contributed by atoms with Gasteiger partial charge in [0, 0.05) is 6.20 Å². The van der Waals surface area contributed by atoms with Crippen molar-refractivity contribution in [1.29, 1.82) is 0 Å². The van der Waals surface area contributed by atoms with Crippen LogP contribution in [0.4, 0.5) is 0 Å². The number of aliphatic hydroxyl groups is 1. The first kappa shape index (κ1) is 10.1. The zero-order valence-corrected chi connectivity index (χ0v) is 9.09. The molecule has 0 spiro atoms. The van der Waals surface area contributed by atoms with Crippen LogP contribution < -0.4 is 0 Å². The molecule has 2 heterocycles. The summed E-state index contributed by atoms with van der Waals surface area (Å²) in [7, 11) is 0. The number of hydrogen-bond donors (Lipinski definition) is 1. The van der Waals surface area contributed by atoms with E-state index in [4.69, 9.17) is 5.11 Å². The van der Waals surface area contributed by atoms with Crippen LogP contribution in [0.15, 0.2) is 6.20 Å². The Morgan fingerprint density at radius 1 is 1.36 bits per heavy atom. The third kappa shape index (κ3) is 2.53. The Bertz CT molecular complexity index is 281. The van der Waals surface area contributed by atoms with Crippen molar-refractivity contribution in [3.05, 3.63) is 16.1 Å². The normalized spacial score (nSPS) is 18.6. The summed E-state index contributed by atoms with van der Waals surface area (Å²) in [6.07, 6.45) is 5.79. The number of aliphatic hydroxyl groups excluding tert-OH is 1. The lowest BCUT2D eigenvalue weighted by Crippen LogP contribution is -2.28. The first-order chi connectivity index (χ1) is 6.88. The fourth-order valence-electron chi connectivity index (χ4n) is 1.80. The van der Waals surface area contributed by atoms with Gasteiger partial charge in [-0.05, 0) is 25.9 Å². The number of nitrogens with zero attached hydrogens (tertiary/aromatic N) is 2. The smallest absolute Gasteiger partial charge is 0.107 e. The molecule has 2 rings (SSSR count). The predicted octanol–water partition coefficient (Wildman–Crippen LogP) is 1.62. The minimum Gasteiger partial charge on any atom is -0.391 e. The van der Waals surface area contributed by atoms with E-state index in [0.717, 1.165) is 16.4 Å². The molecule has 14 heavy (non-hydrogen) atoms. The van der Waals surface area contributed by atoms with Crippen LogP contribution in [0.3, 0.4) is 0 Å². The van der Waals surface area contributed by atoms with E-state index >= 15 is 0 Å². The lowest BCUT2D eigenvalue weighted by atomic mass is 10.1. The Morgan fingerprint density at radius 3 is 2.79 bits per heavy atom. The van der Waals surface area contributed by atoms with Crippen LogP contribution in [-0.2, 0) is 13.2 Å². The molecule has 0 amide bonds. The van der Waals surface area contributed by atoms with Gasteiger partial charge in [-0.15, -0.1) is 11.3 Å². The minimum atomic E-state index is 0.123. The van der Waals surface area contributed by atoms with Gasteiger partial charge in [0.25, 0.3) is 0 Å². The molecule has 1 N–H and O–H groups in total. The Labute approximate surface area is 88.4 Å². The molecule has 0 aliphatic carbocycles. The second-order valence-electron chi connectivity index (χ2n) is 3.72. The monoisotopic (exact) mass is 212 g/mol. The van der Waals surface area contributed by atoms with Gasteiger partial charge in [0.05, 0.1) is 18.0 Å². The van der Waals surface area contributed by atoms with Crippen molar-refractivity contribution < 1.29 is 5.11 Å². The van der Waals surface area contributed by atoms with Gasteiger partial charge in [0.15, 0.2) is 0 Å². The molecule has 0 atom stereocenters. The summed E-state index contributed by atoms with van der Waals surface area (Å²) in [4.78, 5) is 7.72. The number of likely N-dealkylation sites (tertiary alicyclic amines) is 1. The maximum absolute atomic E-state index is 8.91. The fourth-order valence-corrected chi connectivity index (χ4v) is 2.63. The van der Waals surface area contributed by atoms with E-state index < -0.39 is 0 Å². The van der Waals surface area contributed by atoms with Crippen LogP contribution in [-0.4, -0.2) is 28.1 Å². The van der Waals surface area contributed by atoms with E-state index in [1.54, 1.807) is 17.5 Å². The quantitative estimate of drug-likeness (QED) is 0.827. The second-order valence-corrected chi connectivity index (χ2v) is 4.91. The number of aromatic nitrogens is 1. The van der Waals surface area contributed by atoms with E-state index in [0.29, 0.717) is 0 Å². The van der Waals surface area contributed by atoms with Gasteiger partial charge in [0.1, 0.15) is 5.01 Å². The molecule has 0 bridgehead atoms. The molecule has 1 aromatic rings. The Morgan fingerprint density at radius 2 is 2.14 bits per heavy atom. The molecule has 1 aliphatic heterocycles. The largest absolute Gasteiger partial charge is 0.391 e. The average molecular weight is 212 g/mol. The van der Waals surface area contributed by atoms with Gasteiger partial charge in [-0.2, -0.15) is 0 Å². The van der Waals surface area contributed by atoms with E-state index in [2.05, 4.69) is 9.88 Å². The fraction of sp³-hybridized carbons (Fsp3) is 0.700. The Kier molecular flexibility index (Phi) is 3.50. The summed E-state index contributed by atoms with van der Waals surface area (Å²) in [5.74, 6) is 0. The summed E-state index contributed by atoms with van der Waals surface area (Å²) in [5.41, 5.74) is 0. The molecule has 1 fully saturated rings. The van der Waals surface area contributed by atoms with Crippen molar-refractivity contribution in [2.75, 3.05) is 13.1 Å². The van der Waals surface area contributed by atoms with Crippen molar-refractivity contribution >= 4 is 11.3 Å². The number of hydrogen-bond acceptors (Lipinski definition) is 4. The van der Waals surface area contributed by atoms with Crippen LogP contribution in [0, 0.1) is 0 Å². The Balaban J connectivity index is 1.89. The predicted molar refractivity (Wildman–Crippen MR) is 57.2 cm³/mol. The molecule has 0 aromatic carbocycles. The molecule has 4 heteroatoms. The van der Waals surface area contributed by atoms with Crippen molar-refractivity contribution in [3.63, 3.8) is 0 Å². The summed E-state index contributed by atoms with van der Waals surface area (Å²) < 4.78 is 0. The zero-order chi connectivity index (χ0) is 9.80. The molecule has 1 aliphatic rings. The third-order valence-electron chi connectivity index (χ3n) is 2.56. The van der Waals surface area contributed by atoms with Gasteiger partial charge < -0.3 is 5.11 Å².